The van der Waals surface area contributed by atoms with Crippen LogP contribution in [0.25, 0.3) is 0 Å². The van der Waals surface area contributed by atoms with Crippen LogP contribution in [0.3, 0.4) is 0 Å². The van der Waals surface area contributed by atoms with Crippen molar-refractivity contribution in [3.05, 3.63) is 59.2 Å². The Kier molecular flexibility index (Phi) is 9.15. The van der Waals surface area contributed by atoms with Crippen molar-refractivity contribution in [3.63, 3.8) is 0 Å². The highest BCUT2D eigenvalue weighted by Gasteiger charge is 2.06. The Morgan fingerprint density at radius 2 is 1.71 bits per heavy atom. The van der Waals surface area contributed by atoms with Crippen molar-refractivity contribution in [2.75, 3.05) is 40.5 Å². The van der Waals surface area contributed by atoms with E-state index < -0.39 is 0 Å². The number of benzene rings is 2. The van der Waals surface area contributed by atoms with Crippen LogP contribution in [0, 0.1) is 13.8 Å². The van der Waals surface area contributed by atoms with Crippen LogP contribution in [0.2, 0.25) is 0 Å². The van der Waals surface area contributed by atoms with E-state index in [0.29, 0.717) is 32.9 Å². The number of ether oxygens (including phenoxy) is 3. The first-order valence-electron chi connectivity index (χ1n) is 9.48. The minimum absolute atomic E-state index is 0.524. The van der Waals surface area contributed by atoms with Crippen molar-refractivity contribution in [1.29, 1.82) is 0 Å². The number of rotatable bonds is 10. The second kappa shape index (κ2) is 11.9. The summed E-state index contributed by atoms with van der Waals surface area (Å²) in [4.78, 5) is 4.27. The lowest BCUT2D eigenvalue weighted by Crippen LogP contribution is -2.39. The maximum Gasteiger partial charge on any atom is 0.191 e. The van der Waals surface area contributed by atoms with Crippen LogP contribution in [0.15, 0.2) is 47.5 Å². The van der Waals surface area contributed by atoms with Crippen LogP contribution in [-0.4, -0.2) is 46.5 Å². The molecule has 0 radical (unpaired) electrons. The molecule has 6 nitrogen and oxygen atoms in total. The molecule has 0 amide bonds. The summed E-state index contributed by atoms with van der Waals surface area (Å²) in [6.07, 6.45) is 0. The van der Waals surface area contributed by atoms with Gasteiger partial charge in [0.15, 0.2) is 5.96 Å². The Labute approximate surface area is 167 Å². The van der Waals surface area contributed by atoms with Gasteiger partial charge in [-0.15, -0.1) is 0 Å². The fourth-order valence-electron chi connectivity index (χ4n) is 2.63. The molecular weight excluding hydrogens is 354 g/mol. The number of aryl methyl sites for hydroxylation is 2. The number of nitrogens with one attached hydrogen (secondary N) is 2. The Balaban J connectivity index is 1.81. The standard InChI is InChI=1S/C22H31N3O3/c1-17-9-10-19(21(15-17)28-14-13-26-4)16-25-22(23-3)24-11-12-27-20-8-6-5-7-18(20)2/h5-10,15H,11-14,16H2,1-4H3,(H2,23,24,25). The maximum atomic E-state index is 5.84. The molecule has 0 unspecified atom stereocenters. The SMILES string of the molecule is CN=C(NCCOc1ccccc1C)NCc1ccc(C)cc1OCCOC. The number of aliphatic imine (C=N–C) groups is 1. The average Bonchev–Trinajstić information content (AvgIpc) is 2.70. The molecular formula is C22H31N3O3. The summed E-state index contributed by atoms with van der Waals surface area (Å²) in [7, 11) is 3.42. The molecule has 0 aliphatic rings. The van der Waals surface area contributed by atoms with Gasteiger partial charge >= 0.3 is 0 Å². The van der Waals surface area contributed by atoms with E-state index in [4.69, 9.17) is 14.2 Å². The first kappa shape index (κ1) is 21.6. The zero-order chi connectivity index (χ0) is 20.2. The van der Waals surface area contributed by atoms with E-state index >= 15 is 0 Å². The number of hydrogen-bond acceptors (Lipinski definition) is 4. The van der Waals surface area contributed by atoms with Gasteiger partial charge in [-0.3, -0.25) is 4.99 Å². The van der Waals surface area contributed by atoms with Crippen LogP contribution < -0.4 is 20.1 Å². The van der Waals surface area contributed by atoms with E-state index in [0.717, 1.165) is 34.1 Å². The van der Waals surface area contributed by atoms with Crippen molar-refractivity contribution < 1.29 is 14.2 Å². The highest BCUT2D eigenvalue weighted by Crippen LogP contribution is 2.20. The molecule has 0 aliphatic heterocycles. The second-order valence-corrected chi connectivity index (χ2v) is 6.42. The summed E-state index contributed by atoms with van der Waals surface area (Å²) in [5.41, 5.74) is 3.36. The van der Waals surface area contributed by atoms with Gasteiger partial charge in [-0.25, -0.2) is 0 Å². The summed E-state index contributed by atoms with van der Waals surface area (Å²) < 4.78 is 16.7. The second-order valence-electron chi connectivity index (χ2n) is 6.42. The van der Waals surface area contributed by atoms with Gasteiger partial charge in [-0.1, -0.05) is 30.3 Å². The number of nitrogens with zero attached hydrogens (tertiary/aromatic N) is 1. The Bertz CT molecular complexity index is 762. The molecule has 0 saturated carbocycles. The van der Waals surface area contributed by atoms with Gasteiger partial charge in [0.2, 0.25) is 0 Å². The van der Waals surface area contributed by atoms with Gasteiger partial charge in [-0.2, -0.15) is 0 Å². The monoisotopic (exact) mass is 385 g/mol. The summed E-state index contributed by atoms with van der Waals surface area (Å²) in [6.45, 7) is 7.00. The predicted molar refractivity (Wildman–Crippen MR) is 113 cm³/mol. The lowest BCUT2D eigenvalue weighted by Gasteiger charge is -2.16. The Morgan fingerprint density at radius 3 is 2.46 bits per heavy atom. The summed E-state index contributed by atoms with van der Waals surface area (Å²) in [5.74, 6) is 2.49. The van der Waals surface area contributed by atoms with E-state index in [2.05, 4.69) is 34.7 Å². The minimum Gasteiger partial charge on any atom is -0.491 e. The zero-order valence-electron chi connectivity index (χ0n) is 17.2. The molecule has 28 heavy (non-hydrogen) atoms. The number of hydrogen-bond donors (Lipinski definition) is 2. The lowest BCUT2D eigenvalue weighted by atomic mass is 10.1. The molecule has 0 fully saturated rings. The normalized spacial score (nSPS) is 11.2. The third kappa shape index (κ3) is 7.12. The van der Waals surface area contributed by atoms with Crippen molar-refractivity contribution in [2.45, 2.75) is 20.4 Å². The first-order chi connectivity index (χ1) is 13.6. The zero-order valence-corrected chi connectivity index (χ0v) is 17.2. The maximum absolute atomic E-state index is 5.84. The third-order valence-corrected chi connectivity index (χ3v) is 4.18. The summed E-state index contributed by atoms with van der Waals surface area (Å²) >= 11 is 0. The topological polar surface area (TPSA) is 64.1 Å². The highest BCUT2D eigenvalue weighted by molar-refractivity contribution is 5.79. The van der Waals surface area contributed by atoms with Crippen LogP contribution in [0.1, 0.15) is 16.7 Å². The molecule has 0 atom stereocenters. The molecule has 6 heteroatoms. The van der Waals surface area contributed by atoms with Crippen LogP contribution in [-0.2, 0) is 11.3 Å². The van der Waals surface area contributed by atoms with Gasteiger partial charge in [-0.05, 0) is 37.1 Å². The van der Waals surface area contributed by atoms with Crippen LogP contribution >= 0.6 is 0 Å². The molecule has 2 aromatic rings. The number of para-hydroxylation sites is 1. The van der Waals surface area contributed by atoms with Gasteiger partial charge in [0, 0.05) is 26.3 Å². The smallest absolute Gasteiger partial charge is 0.191 e. The van der Waals surface area contributed by atoms with Gasteiger partial charge in [0.25, 0.3) is 0 Å². The van der Waals surface area contributed by atoms with Gasteiger partial charge in [0.05, 0.1) is 13.2 Å². The molecule has 0 aliphatic carbocycles. The molecule has 0 bridgehead atoms. The van der Waals surface area contributed by atoms with Crippen molar-refractivity contribution >= 4 is 5.96 Å². The molecule has 0 aromatic heterocycles. The molecule has 2 N–H and O–H groups in total. The lowest BCUT2D eigenvalue weighted by molar-refractivity contribution is 0.145. The van der Waals surface area contributed by atoms with Gasteiger partial charge in [0.1, 0.15) is 24.7 Å². The van der Waals surface area contributed by atoms with E-state index in [-0.39, 0.29) is 0 Å². The average molecular weight is 386 g/mol. The Morgan fingerprint density at radius 1 is 0.929 bits per heavy atom. The number of guanidine groups is 1. The summed E-state index contributed by atoms with van der Waals surface area (Å²) in [5, 5.41) is 6.58. The van der Waals surface area contributed by atoms with E-state index in [1.165, 1.54) is 0 Å². The van der Waals surface area contributed by atoms with Crippen LogP contribution in [0.5, 0.6) is 11.5 Å². The minimum atomic E-state index is 0.524. The molecule has 152 valence electrons. The van der Waals surface area contributed by atoms with E-state index in [9.17, 15) is 0 Å². The van der Waals surface area contributed by atoms with Crippen molar-refractivity contribution in [3.8, 4) is 11.5 Å². The van der Waals surface area contributed by atoms with Crippen molar-refractivity contribution in [2.24, 2.45) is 4.99 Å². The molecule has 2 rings (SSSR count). The fourth-order valence-corrected chi connectivity index (χ4v) is 2.63. The van der Waals surface area contributed by atoms with E-state index in [1.54, 1.807) is 14.2 Å². The Hall–Kier alpha value is -2.73. The molecule has 0 heterocycles. The fraction of sp³-hybridized carbons (Fsp3) is 0.409. The van der Waals surface area contributed by atoms with Crippen LogP contribution in [0.4, 0.5) is 0 Å². The first-order valence-corrected chi connectivity index (χ1v) is 9.48. The molecule has 0 saturated heterocycles. The van der Waals surface area contributed by atoms with Gasteiger partial charge < -0.3 is 24.8 Å². The van der Waals surface area contributed by atoms with Crippen molar-refractivity contribution in [1.82, 2.24) is 10.6 Å². The highest BCUT2D eigenvalue weighted by atomic mass is 16.5. The number of methoxy groups -OCH3 is 1. The molecule has 0 spiro atoms. The van der Waals surface area contributed by atoms with E-state index in [1.807, 2.05) is 37.3 Å². The molecule has 2 aromatic carbocycles. The predicted octanol–water partition coefficient (Wildman–Crippen LogP) is 3.07. The quantitative estimate of drug-likeness (QED) is 0.374. The largest absolute Gasteiger partial charge is 0.491 e. The summed E-state index contributed by atoms with van der Waals surface area (Å²) in [6, 6.07) is 14.2. The third-order valence-electron chi connectivity index (χ3n) is 4.18.